The van der Waals surface area contributed by atoms with Gasteiger partial charge in [-0.3, -0.25) is 14.4 Å². The van der Waals surface area contributed by atoms with Crippen molar-refractivity contribution in [3.05, 3.63) is 58.5 Å². The smallest absolute Gasteiger partial charge is 0.272 e. The maximum atomic E-state index is 11.9. The minimum absolute atomic E-state index is 0.163. The lowest BCUT2D eigenvalue weighted by Gasteiger charge is -2.06. The number of aromatic amines is 1. The summed E-state index contributed by atoms with van der Waals surface area (Å²) in [5.41, 5.74) is 1.15. The Morgan fingerprint density at radius 3 is 2.15 bits per heavy atom. The van der Waals surface area contributed by atoms with Gasteiger partial charge in [-0.25, -0.2) is 0 Å². The molecule has 2 rings (SSSR count). The molecular weight excluding hydrogens is 258 g/mol. The van der Waals surface area contributed by atoms with Crippen LogP contribution in [0.25, 0.3) is 0 Å². The second kappa shape index (κ2) is 5.83. The third kappa shape index (κ3) is 3.55. The van der Waals surface area contributed by atoms with Gasteiger partial charge in [-0.2, -0.15) is 0 Å². The summed E-state index contributed by atoms with van der Waals surface area (Å²) in [5.74, 6) is -0.571. The first-order chi connectivity index (χ1) is 9.54. The van der Waals surface area contributed by atoms with Gasteiger partial charge in [0.05, 0.1) is 0 Å². The summed E-state index contributed by atoms with van der Waals surface area (Å²) < 4.78 is 0. The zero-order chi connectivity index (χ0) is 14.5. The van der Waals surface area contributed by atoms with Crippen LogP contribution in [0.4, 0.5) is 11.4 Å². The van der Waals surface area contributed by atoms with E-state index in [1.165, 1.54) is 25.3 Å². The Morgan fingerprint density at radius 2 is 1.60 bits per heavy atom. The Labute approximate surface area is 114 Å². The molecule has 0 fully saturated rings. The van der Waals surface area contributed by atoms with Crippen molar-refractivity contribution in [1.82, 2.24) is 4.98 Å². The number of H-pyrrole nitrogens is 1. The molecule has 0 spiro atoms. The summed E-state index contributed by atoms with van der Waals surface area (Å²) in [6.45, 7) is 1.42. The SMILES string of the molecule is CC(=O)Nc1ccc(NC(=O)c2cc(=O)cc[nH]2)cc1. The van der Waals surface area contributed by atoms with Gasteiger partial charge in [0.15, 0.2) is 5.43 Å². The van der Waals surface area contributed by atoms with Gasteiger partial charge in [0.25, 0.3) is 5.91 Å². The normalized spacial score (nSPS) is 9.85. The van der Waals surface area contributed by atoms with Crippen LogP contribution in [0.5, 0.6) is 0 Å². The van der Waals surface area contributed by atoms with E-state index in [9.17, 15) is 14.4 Å². The van der Waals surface area contributed by atoms with E-state index >= 15 is 0 Å². The molecule has 0 radical (unpaired) electrons. The molecule has 6 heteroatoms. The minimum atomic E-state index is -0.407. The summed E-state index contributed by atoms with van der Waals surface area (Å²) in [6, 6.07) is 9.21. The van der Waals surface area contributed by atoms with Crippen molar-refractivity contribution < 1.29 is 9.59 Å². The van der Waals surface area contributed by atoms with E-state index in [0.29, 0.717) is 11.4 Å². The van der Waals surface area contributed by atoms with E-state index in [1.807, 2.05) is 0 Å². The highest BCUT2D eigenvalue weighted by Gasteiger charge is 2.06. The molecule has 20 heavy (non-hydrogen) atoms. The van der Waals surface area contributed by atoms with Crippen LogP contribution in [0.1, 0.15) is 17.4 Å². The first kappa shape index (κ1) is 13.5. The summed E-state index contributed by atoms with van der Waals surface area (Å²) in [4.78, 5) is 36.6. The van der Waals surface area contributed by atoms with Gasteiger partial charge in [-0.15, -0.1) is 0 Å². The molecule has 1 aromatic heterocycles. The molecule has 0 unspecified atom stereocenters. The number of nitrogens with one attached hydrogen (secondary N) is 3. The fourth-order valence-electron chi connectivity index (χ4n) is 1.62. The molecule has 2 aromatic rings. The number of rotatable bonds is 3. The summed E-state index contributed by atoms with van der Waals surface area (Å²) in [7, 11) is 0. The molecule has 102 valence electrons. The van der Waals surface area contributed by atoms with Crippen molar-refractivity contribution in [3.8, 4) is 0 Å². The Bertz CT molecular complexity index is 689. The van der Waals surface area contributed by atoms with Gasteiger partial charge >= 0.3 is 0 Å². The van der Waals surface area contributed by atoms with Crippen LogP contribution >= 0.6 is 0 Å². The number of pyridine rings is 1. The predicted octanol–water partition coefficient (Wildman–Crippen LogP) is 1.59. The molecule has 0 aliphatic carbocycles. The van der Waals surface area contributed by atoms with E-state index < -0.39 is 5.91 Å². The van der Waals surface area contributed by atoms with Crippen LogP contribution in [0.15, 0.2) is 47.4 Å². The second-order valence-corrected chi connectivity index (χ2v) is 4.15. The fraction of sp³-hybridized carbons (Fsp3) is 0.0714. The average molecular weight is 271 g/mol. The van der Waals surface area contributed by atoms with Crippen LogP contribution in [0.3, 0.4) is 0 Å². The number of aromatic nitrogens is 1. The van der Waals surface area contributed by atoms with Crippen LogP contribution in [-0.4, -0.2) is 16.8 Å². The average Bonchev–Trinajstić information content (AvgIpc) is 2.40. The number of amides is 2. The van der Waals surface area contributed by atoms with Gasteiger partial charge in [0, 0.05) is 36.6 Å². The molecule has 1 heterocycles. The number of benzene rings is 1. The molecule has 1 aromatic carbocycles. The lowest BCUT2D eigenvalue weighted by molar-refractivity contribution is -0.114. The maximum absolute atomic E-state index is 11.9. The predicted molar refractivity (Wildman–Crippen MR) is 75.8 cm³/mol. The monoisotopic (exact) mass is 271 g/mol. The molecule has 3 N–H and O–H groups in total. The van der Waals surface area contributed by atoms with Crippen molar-refractivity contribution >= 4 is 23.2 Å². The van der Waals surface area contributed by atoms with E-state index in [4.69, 9.17) is 0 Å². The zero-order valence-electron chi connectivity index (χ0n) is 10.8. The summed E-state index contributed by atoms with van der Waals surface area (Å²) in [5, 5.41) is 5.27. The number of carbonyl (C=O) groups excluding carboxylic acids is 2. The zero-order valence-corrected chi connectivity index (χ0v) is 10.8. The molecule has 2 amide bonds. The standard InChI is InChI=1S/C14H13N3O3/c1-9(18)16-10-2-4-11(5-3-10)17-14(20)13-8-12(19)6-7-15-13/h2-8H,1H3,(H,15,19)(H,16,18)(H,17,20). The third-order valence-electron chi connectivity index (χ3n) is 2.48. The largest absolute Gasteiger partial charge is 0.357 e. The van der Waals surface area contributed by atoms with Gasteiger partial charge in [-0.1, -0.05) is 0 Å². The lowest BCUT2D eigenvalue weighted by Crippen LogP contribution is -2.16. The van der Waals surface area contributed by atoms with Crippen molar-refractivity contribution in [2.24, 2.45) is 0 Å². The summed E-state index contributed by atoms with van der Waals surface area (Å²) in [6.07, 6.45) is 1.41. The van der Waals surface area contributed by atoms with Crippen molar-refractivity contribution in [2.75, 3.05) is 10.6 Å². The quantitative estimate of drug-likeness (QED) is 0.791. The van der Waals surface area contributed by atoms with E-state index in [2.05, 4.69) is 15.6 Å². The van der Waals surface area contributed by atoms with E-state index in [1.54, 1.807) is 24.3 Å². The number of anilines is 2. The number of hydrogen-bond acceptors (Lipinski definition) is 3. The van der Waals surface area contributed by atoms with Gasteiger partial charge < -0.3 is 15.6 Å². The van der Waals surface area contributed by atoms with Crippen molar-refractivity contribution in [1.29, 1.82) is 0 Å². The molecule has 0 aliphatic rings. The number of carbonyl (C=O) groups is 2. The Hall–Kier alpha value is -2.89. The molecular formula is C14H13N3O3. The molecule has 0 aliphatic heterocycles. The van der Waals surface area contributed by atoms with Crippen LogP contribution in [-0.2, 0) is 4.79 Å². The van der Waals surface area contributed by atoms with Gasteiger partial charge in [0.2, 0.25) is 5.91 Å². The maximum Gasteiger partial charge on any atom is 0.272 e. The highest BCUT2D eigenvalue weighted by atomic mass is 16.2. The second-order valence-electron chi connectivity index (χ2n) is 4.15. The minimum Gasteiger partial charge on any atom is -0.357 e. The Balaban J connectivity index is 2.08. The van der Waals surface area contributed by atoms with Crippen LogP contribution in [0, 0.1) is 0 Å². The molecule has 0 bridgehead atoms. The van der Waals surface area contributed by atoms with Crippen LogP contribution in [0.2, 0.25) is 0 Å². The summed E-state index contributed by atoms with van der Waals surface area (Å²) >= 11 is 0. The molecule has 0 saturated carbocycles. The highest BCUT2D eigenvalue weighted by Crippen LogP contribution is 2.14. The fourth-order valence-corrected chi connectivity index (χ4v) is 1.62. The van der Waals surface area contributed by atoms with E-state index in [0.717, 1.165) is 0 Å². The molecule has 0 saturated heterocycles. The van der Waals surface area contributed by atoms with Gasteiger partial charge in [0.1, 0.15) is 5.69 Å². The van der Waals surface area contributed by atoms with Crippen LogP contribution < -0.4 is 16.1 Å². The Kier molecular flexibility index (Phi) is 3.95. The first-order valence-corrected chi connectivity index (χ1v) is 5.92. The first-order valence-electron chi connectivity index (χ1n) is 5.92. The van der Waals surface area contributed by atoms with Crippen molar-refractivity contribution in [3.63, 3.8) is 0 Å². The van der Waals surface area contributed by atoms with Gasteiger partial charge in [-0.05, 0) is 24.3 Å². The topological polar surface area (TPSA) is 91.1 Å². The lowest BCUT2D eigenvalue weighted by atomic mass is 10.2. The number of hydrogen-bond donors (Lipinski definition) is 3. The van der Waals surface area contributed by atoms with Crippen molar-refractivity contribution in [2.45, 2.75) is 6.92 Å². The highest BCUT2D eigenvalue weighted by molar-refractivity contribution is 6.02. The third-order valence-corrected chi connectivity index (χ3v) is 2.48. The Morgan fingerprint density at radius 1 is 1.00 bits per heavy atom. The molecule has 6 nitrogen and oxygen atoms in total. The van der Waals surface area contributed by atoms with E-state index in [-0.39, 0.29) is 17.0 Å². The molecule has 0 atom stereocenters.